The highest BCUT2D eigenvalue weighted by Gasteiger charge is 2.33. The maximum absolute atomic E-state index is 12.5. The molecule has 180 valence electrons. The lowest BCUT2D eigenvalue weighted by molar-refractivity contribution is -0.118. The van der Waals surface area contributed by atoms with Gasteiger partial charge in [-0.15, -0.1) is 0 Å². The Bertz CT molecular complexity index is 1210. The second kappa shape index (κ2) is 8.48. The molecule has 2 saturated heterocycles. The Morgan fingerprint density at radius 2 is 1.97 bits per heavy atom. The largest absolute Gasteiger partial charge is 0.390 e. The van der Waals surface area contributed by atoms with E-state index in [1.807, 2.05) is 31.5 Å². The topological polar surface area (TPSA) is 138 Å². The summed E-state index contributed by atoms with van der Waals surface area (Å²) >= 11 is 0. The Morgan fingerprint density at radius 1 is 1.21 bits per heavy atom. The maximum atomic E-state index is 12.5. The van der Waals surface area contributed by atoms with Gasteiger partial charge in [-0.05, 0) is 46.1 Å². The molecule has 3 aromatic heterocycles. The standard InChI is InChI=1S/C23H31N9O2/c1-14(2)32-17-12-19(26-13-15(17)20(29-32)31-9-5-16(24)21(31)33)27-18-4-8-25-22(28-18)30-10-6-23(3,34)7-11-30/h4,8,12-14,16,34H,5-7,9-11,24H2,1-3H3,(H,25,26,27,28)/t16-/m0/s1. The number of anilines is 4. The highest BCUT2D eigenvalue weighted by Crippen LogP contribution is 2.32. The van der Waals surface area contributed by atoms with Crippen LogP contribution in [0.15, 0.2) is 24.5 Å². The summed E-state index contributed by atoms with van der Waals surface area (Å²) in [6.07, 6.45) is 5.43. The molecule has 2 fully saturated rings. The van der Waals surface area contributed by atoms with Crippen molar-refractivity contribution in [2.75, 3.05) is 34.8 Å². The van der Waals surface area contributed by atoms with Gasteiger partial charge in [-0.3, -0.25) is 14.4 Å². The van der Waals surface area contributed by atoms with E-state index in [0.717, 1.165) is 10.9 Å². The van der Waals surface area contributed by atoms with Gasteiger partial charge in [-0.2, -0.15) is 10.1 Å². The molecule has 34 heavy (non-hydrogen) atoms. The van der Waals surface area contributed by atoms with Gasteiger partial charge in [0.05, 0.1) is 22.5 Å². The van der Waals surface area contributed by atoms with Crippen molar-refractivity contribution in [3.05, 3.63) is 24.5 Å². The van der Waals surface area contributed by atoms with E-state index in [2.05, 4.69) is 25.2 Å². The summed E-state index contributed by atoms with van der Waals surface area (Å²) in [6.45, 7) is 7.93. The summed E-state index contributed by atoms with van der Waals surface area (Å²) in [4.78, 5) is 29.9. The van der Waals surface area contributed by atoms with Crippen molar-refractivity contribution in [1.82, 2.24) is 24.7 Å². The fourth-order valence-corrected chi connectivity index (χ4v) is 4.48. The highest BCUT2D eigenvalue weighted by molar-refractivity contribution is 6.05. The number of hydrogen-bond acceptors (Lipinski definition) is 9. The third kappa shape index (κ3) is 4.16. The van der Waals surface area contributed by atoms with Crippen molar-refractivity contribution in [3.8, 4) is 0 Å². The van der Waals surface area contributed by atoms with Crippen LogP contribution in [0.3, 0.4) is 0 Å². The second-order valence-electron chi connectivity index (χ2n) is 9.68. The van der Waals surface area contributed by atoms with Crippen LogP contribution in [0.2, 0.25) is 0 Å². The molecule has 2 aliphatic rings. The number of carbonyl (C=O) groups excluding carboxylic acids is 1. The number of aliphatic hydroxyl groups is 1. The molecular weight excluding hydrogens is 434 g/mol. The van der Waals surface area contributed by atoms with Crippen LogP contribution in [-0.2, 0) is 4.79 Å². The number of aromatic nitrogens is 5. The Labute approximate surface area is 198 Å². The average molecular weight is 466 g/mol. The van der Waals surface area contributed by atoms with Crippen molar-refractivity contribution in [2.45, 2.75) is 57.7 Å². The first-order chi connectivity index (χ1) is 16.2. The third-order valence-corrected chi connectivity index (χ3v) is 6.59. The normalized spacial score (nSPS) is 20.5. The molecule has 3 aromatic rings. The first-order valence-corrected chi connectivity index (χ1v) is 11.7. The fraction of sp³-hybridized carbons (Fsp3) is 0.522. The quantitative estimate of drug-likeness (QED) is 0.516. The summed E-state index contributed by atoms with van der Waals surface area (Å²) < 4.78 is 1.90. The first-order valence-electron chi connectivity index (χ1n) is 11.7. The third-order valence-electron chi connectivity index (χ3n) is 6.59. The monoisotopic (exact) mass is 465 g/mol. The molecule has 2 aliphatic heterocycles. The zero-order valence-corrected chi connectivity index (χ0v) is 19.8. The molecule has 4 N–H and O–H groups in total. The van der Waals surface area contributed by atoms with Crippen LogP contribution in [0.5, 0.6) is 0 Å². The van der Waals surface area contributed by atoms with E-state index < -0.39 is 11.6 Å². The van der Waals surface area contributed by atoms with E-state index >= 15 is 0 Å². The van der Waals surface area contributed by atoms with Gasteiger partial charge in [0.1, 0.15) is 11.6 Å². The number of hydrogen-bond donors (Lipinski definition) is 3. The summed E-state index contributed by atoms with van der Waals surface area (Å²) in [7, 11) is 0. The van der Waals surface area contributed by atoms with Gasteiger partial charge in [0.15, 0.2) is 5.82 Å². The summed E-state index contributed by atoms with van der Waals surface area (Å²) in [5, 5.41) is 19.0. The van der Waals surface area contributed by atoms with Gasteiger partial charge >= 0.3 is 0 Å². The Balaban J connectivity index is 1.42. The Hall–Kier alpha value is -3.31. The summed E-state index contributed by atoms with van der Waals surface area (Å²) in [5.41, 5.74) is 6.17. The molecule has 1 amide bonds. The van der Waals surface area contributed by atoms with Crippen LogP contribution < -0.4 is 20.9 Å². The SMILES string of the molecule is CC(C)n1nc(N2CC[C@H](N)C2=O)c2cnc(Nc3ccnc(N4CCC(C)(O)CC4)n3)cc21. The van der Waals surface area contributed by atoms with Crippen molar-refractivity contribution < 1.29 is 9.90 Å². The number of nitrogens with zero attached hydrogens (tertiary/aromatic N) is 7. The molecule has 11 heteroatoms. The van der Waals surface area contributed by atoms with Crippen LogP contribution in [0.25, 0.3) is 10.9 Å². The fourth-order valence-electron chi connectivity index (χ4n) is 4.48. The number of piperidine rings is 1. The Kier molecular flexibility index (Phi) is 5.61. The van der Waals surface area contributed by atoms with Crippen molar-refractivity contribution in [2.24, 2.45) is 5.73 Å². The van der Waals surface area contributed by atoms with Crippen LogP contribution in [0.1, 0.15) is 46.1 Å². The number of amides is 1. The number of pyridine rings is 1. The lowest BCUT2D eigenvalue weighted by atomic mass is 9.94. The van der Waals surface area contributed by atoms with Gasteiger partial charge in [0, 0.05) is 44.1 Å². The lowest BCUT2D eigenvalue weighted by Crippen LogP contribution is -2.43. The van der Waals surface area contributed by atoms with Gasteiger partial charge in [0.2, 0.25) is 11.9 Å². The molecule has 11 nitrogen and oxygen atoms in total. The van der Waals surface area contributed by atoms with E-state index in [4.69, 9.17) is 10.8 Å². The molecule has 0 unspecified atom stereocenters. The van der Waals surface area contributed by atoms with Gasteiger partial charge in [0.25, 0.3) is 0 Å². The van der Waals surface area contributed by atoms with Crippen LogP contribution in [0.4, 0.5) is 23.4 Å². The van der Waals surface area contributed by atoms with E-state index in [-0.39, 0.29) is 11.9 Å². The molecule has 0 saturated carbocycles. The minimum atomic E-state index is -0.630. The Morgan fingerprint density at radius 3 is 2.65 bits per heavy atom. The predicted molar refractivity (Wildman–Crippen MR) is 130 cm³/mol. The first kappa shape index (κ1) is 22.5. The summed E-state index contributed by atoms with van der Waals surface area (Å²) in [5.74, 6) is 2.37. The molecule has 0 spiro atoms. The number of fused-ring (bicyclic) bond motifs is 1. The van der Waals surface area contributed by atoms with Gasteiger partial charge < -0.3 is 21.1 Å². The molecule has 5 rings (SSSR count). The zero-order chi connectivity index (χ0) is 24.0. The number of nitrogens with two attached hydrogens (primary N) is 1. The molecule has 0 aromatic carbocycles. The van der Waals surface area contributed by atoms with Crippen molar-refractivity contribution in [1.29, 1.82) is 0 Å². The van der Waals surface area contributed by atoms with E-state index in [0.29, 0.717) is 62.3 Å². The number of nitrogens with one attached hydrogen (secondary N) is 1. The smallest absolute Gasteiger partial charge is 0.245 e. The maximum Gasteiger partial charge on any atom is 0.245 e. The molecule has 0 bridgehead atoms. The molecule has 0 aliphatic carbocycles. The molecule has 1 atom stereocenters. The van der Waals surface area contributed by atoms with Crippen LogP contribution >= 0.6 is 0 Å². The second-order valence-corrected chi connectivity index (χ2v) is 9.68. The average Bonchev–Trinajstić information content (AvgIpc) is 3.33. The number of carbonyl (C=O) groups is 1. The van der Waals surface area contributed by atoms with Crippen molar-refractivity contribution >= 4 is 40.2 Å². The van der Waals surface area contributed by atoms with E-state index in [9.17, 15) is 9.90 Å². The van der Waals surface area contributed by atoms with Gasteiger partial charge in [-0.25, -0.2) is 9.97 Å². The van der Waals surface area contributed by atoms with E-state index in [1.54, 1.807) is 23.4 Å². The summed E-state index contributed by atoms with van der Waals surface area (Å²) in [6, 6.07) is 3.34. The molecular formula is C23H31N9O2. The minimum absolute atomic E-state index is 0.0971. The van der Waals surface area contributed by atoms with Crippen LogP contribution in [0, 0.1) is 0 Å². The zero-order valence-electron chi connectivity index (χ0n) is 19.8. The van der Waals surface area contributed by atoms with Crippen LogP contribution in [-0.4, -0.2) is 67.0 Å². The van der Waals surface area contributed by atoms with Gasteiger partial charge in [-0.1, -0.05) is 0 Å². The lowest BCUT2D eigenvalue weighted by Gasteiger charge is -2.35. The minimum Gasteiger partial charge on any atom is -0.390 e. The number of rotatable bonds is 5. The molecule has 0 radical (unpaired) electrons. The predicted octanol–water partition coefficient (Wildman–Crippen LogP) is 1.96. The van der Waals surface area contributed by atoms with Crippen molar-refractivity contribution in [3.63, 3.8) is 0 Å². The molecule has 5 heterocycles. The van der Waals surface area contributed by atoms with E-state index in [1.165, 1.54) is 0 Å². The highest BCUT2D eigenvalue weighted by atomic mass is 16.3.